The van der Waals surface area contributed by atoms with Gasteiger partial charge in [0.2, 0.25) is 0 Å². The lowest BCUT2D eigenvalue weighted by atomic mass is 10.0. The minimum Gasteiger partial charge on any atom is -0.381 e. The van der Waals surface area contributed by atoms with Crippen LogP contribution < -0.4 is 5.32 Å². The molecule has 1 aromatic rings. The second-order valence-electron chi connectivity index (χ2n) is 5.35. The zero-order valence-electron chi connectivity index (χ0n) is 11.9. The van der Waals surface area contributed by atoms with Crippen LogP contribution in [0, 0.1) is 5.92 Å². The first kappa shape index (κ1) is 15.2. The standard InChI is InChI=1S/C14H20ClN3O2/c1-9(2)13-16-8-11(15)12(18-13)14(19)17-7-10-3-5-20-6-4-10/h8-10H,3-7H2,1-2H3,(H,17,19). The molecule has 1 N–H and O–H groups in total. The van der Waals surface area contributed by atoms with Crippen molar-refractivity contribution in [2.24, 2.45) is 5.92 Å². The Kier molecular flexibility index (Phi) is 5.31. The molecule has 0 atom stereocenters. The SMILES string of the molecule is CC(C)c1ncc(Cl)c(C(=O)NCC2CCOCC2)n1. The fourth-order valence-electron chi connectivity index (χ4n) is 2.09. The van der Waals surface area contributed by atoms with Gasteiger partial charge in [0.15, 0.2) is 0 Å². The molecule has 110 valence electrons. The summed E-state index contributed by atoms with van der Waals surface area (Å²) < 4.78 is 5.30. The van der Waals surface area contributed by atoms with E-state index in [0.717, 1.165) is 26.1 Å². The predicted molar refractivity (Wildman–Crippen MR) is 77.0 cm³/mol. The fraction of sp³-hybridized carbons (Fsp3) is 0.643. The summed E-state index contributed by atoms with van der Waals surface area (Å²) in [6.45, 7) is 6.14. The predicted octanol–water partition coefficient (Wildman–Crippen LogP) is 2.41. The number of hydrogen-bond acceptors (Lipinski definition) is 4. The van der Waals surface area contributed by atoms with Crippen molar-refractivity contribution in [2.75, 3.05) is 19.8 Å². The molecule has 1 saturated heterocycles. The molecule has 0 saturated carbocycles. The lowest BCUT2D eigenvalue weighted by Gasteiger charge is -2.22. The topological polar surface area (TPSA) is 64.1 Å². The number of hydrogen-bond donors (Lipinski definition) is 1. The monoisotopic (exact) mass is 297 g/mol. The number of aromatic nitrogens is 2. The van der Waals surface area contributed by atoms with Gasteiger partial charge in [0.05, 0.1) is 11.2 Å². The summed E-state index contributed by atoms with van der Waals surface area (Å²) in [4.78, 5) is 20.6. The van der Waals surface area contributed by atoms with Gasteiger partial charge in [0, 0.05) is 25.7 Å². The van der Waals surface area contributed by atoms with E-state index >= 15 is 0 Å². The molecule has 0 spiro atoms. The van der Waals surface area contributed by atoms with E-state index < -0.39 is 0 Å². The molecule has 1 amide bonds. The van der Waals surface area contributed by atoms with Crippen LogP contribution in [0.1, 0.15) is 48.9 Å². The van der Waals surface area contributed by atoms with Crippen LogP contribution in [0.2, 0.25) is 5.02 Å². The van der Waals surface area contributed by atoms with Gasteiger partial charge in [-0.3, -0.25) is 4.79 Å². The molecule has 0 unspecified atom stereocenters. The van der Waals surface area contributed by atoms with E-state index in [9.17, 15) is 4.79 Å². The maximum Gasteiger partial charge on any atom is 0.271 e. The minimum atomic E-state index is -0.231. The van der Waals surface area contributed by atoms with Crippen LogP contribution in [-0.2, 0) is 4.74 Å². The molecule has 6 heteroatoms. The summed E-state index contributed by atoms with van der Waals surface area (Å²) in [5, 5.41) is 3.20. The third kappa shape index (κ3) is 3.90. The maximum atomic E-state index is 12.2. The molecule has 0 aromatic carbocycles. The number of carbonyl (C=O) groups excluding carboxylic acids is 1. The van der Waals surface area contributed by atoms with Crippen molar-refractivity contribution in [2.45, 2.75) is 32.6 Å². The van der Waals surface area contributed by atoms with Crippen molar-refractivity contribution in [3.63, 3.8) is 0 Å². The summed E-state index contributed by atoms with van der Waals surface area (Å²) >= 11 is 6.01. The van der Waals surface area contributed by atoms with Gasteiger partial charge in [-0.1, -0.05) is 25.4 Å². The van der Waals surface area contributed by atoms with Gasteiger partial charge in [-0.2, -0.15) is 0 Å². The number of carbonyl (C=O) groups is 1. The summed E-state index contributed by atoms with van der Waals surface area (Å²) in [5.74, 6) is 1.03. The lowest BCUT2D eigenvalue weighted by molar-refractivity contribution is 0.0642. The third-order valence-corrected chi connectivity index (χ3v) is 3.66. The van der Waals surface area contributed by atoms with E-state index in [4.69, 9.17) is 16.3 Å². The normalized spacial score (nSPS) is 16.4. The van der Waals surface area contributed by atoms with Crippen LogP contribution in [0.5, 0.6) is 0 Å². The fourth-order valence-corrected chi connectivity index (χ4v) is 2.27. The first-order valence-electron chi connectivity index (χ1n) is 6.96. The van der Waals surface area contributed by atoms with Crippen LogP contribution in [0.15, 0.2) is 6.20 Å². The largest absolute Gasteiger partial charge is 0.381 e. The highest BCUT2D eigenvalue weighted by Gasteiger charge is 2.18. The Bertz CT molecular complexity index is 473. The number of rotatable bonds is 4. The van der Waals surface area contributed by atoms with Crippen molar-refractivity contribution in [3.8, 4) is 0 Å². The molecule has 0 bridgehead atoms. The van der Waals surface area contributed by atoms with Gasteiger partial charge < -0.3 is 10.1 Å². The molecule has 5 nitrogen and oxygen atoms in total. The molecule has 1 aliphatic rings. The Labute approximate surface area is 124 Å². The van der Waals surface area contributed by atoms with Crippen LogP contribution >= 0.6 is 11.6 Å². The Hall–Kier alpha value is -1.20. The second-order valence-corrected chi connectivity index (χ2v) is 5.75. The van der Waals surface area contributed by atoms with Crippen LogP contribution in [-0.4, -0.2) is 35.6 Å². The van der Waals surface area contributed by atoms with Gasteiger partial charge in [-0.05, 0) is 18.8 Å². The van der Waals surface area contributed by atoms with Crippen molar-refractivity contribution >= 4 is 17.5 Å². The molecule has 20 heavy (non-hydrogen) atoms. The van der Waals surface area contributed by atoms with Crippen molar-refractivity contribution in [1.82, 2.24) is 15.3 Å². The first-order chi connectivity index (χ1) is 9.58. The Morgan fingerprint density at radius 2 is 2.20 bits per heavy atom. The quantitative estimate of drug-likeness (QED) is 0.927. The van der Waals surface area contributed by atoms with Crippen LogP contribution in [0.25, 0.3) is 0 Å². The van der Waals surface area contributed by atoms with E-state index in [-0.39, 0.29) is 17.5 Å². The van der Waals surface area contributed by atoms with Crippen LogP contribution in [0.4, 0.5) is 0 Å². The highest BCUT2D eigenvalue weighted by atomic mass is 35.5. The van der Waals surface area contributed by atoms with E-state index in [1.54, 1.807) is 0 Å². The summed E-state index contributed by atoms with van der Waals surface area (Å²) in [7, 11) is 0. The molecule has 1 aromatic heterocycles. The zero-order chi connectivity index (χ0) is 14.5. The maximum absolute atomic E-state index is 12.2. The molecular formula is C14H20ClN3O2. The van der Waals surface area contributed by atoms with Crippen molar-refractivity contribution in [3.05, 3.63) is 22.7 Å². The van der Waals surface area contributed by atoms with E-state index in [0.29, 0.717) is 23.3 Å². The number of nitrogens with zero attached hydrogens (tertiary/aromatic N) is 2. The van der Waals surface area contributed by atoms with Crippen molar-refractivity contribution in [1.29, 1.82) is 0 Å². The van der Waals surface area contributed by atoms with Crippen LogP contribution in [0.3, 0.4) is 0 Å². The molecule has 1 aliphatic heterocycles. The summed E-state index contributed by atoms with van der Waals surface area (Å²) in [6, 6.07) is 0. The van der Waals surface area contributed by atoms with Gasteiger partial charge >= 0.3 is 0 Å². The first-order valence-corrected chi connectivity index (χ1v) is 7.34. The molecule has 1 fully saturated rings. The van der Waals surface area contributed by atoms with Gasteiger partial charge in [-0.25, -0.2) is 9.97 Å². The van der Waals surface area contributed by atoms with E-state index in [1.165, 1.54) is 6.20 Å². The Morgan fingerprint density at radius 3 is 2.85 bits per heavy atom. The zero-order valence-corrected chi connectivity index (χ0v) is 12.6. The summed E-state index contributed by atoms with van der Waals surface area (Å²) in [6.07, 6.45) is 3.46. The van der Waals surface area contributed by atoms with E-state index in [1.807, 2.05) is 13.8 Å². The second kappa shape index (κ2) is 6.99. The Balaban J connectivity index is 1.99. The van der Waals surface area contributed by atoms with Gasteiger partial charge in [0.25, 0.3) is 5.91 Å². The average molecular weight is 298 g/mol. The van der Waals surface area contributed by atoms with Gasteiger partial charge in [0.1, 0.15) is 11.5 Å². The Morgan fingerprint density at radius 1 is 1.50 bits per heavy atom. The smallest absolute Gasteiger partial charge is 0.271 e. The molecular weight excluding hydrogens is 278 g/mol. The van der Waals surface area contributed by atoms with Crippen molar-refractivity contribution < 1.29 is 9.53 Å². The number of halogens is 1. The number of amides is 1. The molecule has 2 heterocycles. The minimum absolute atomic E-state index is 0.161. The number of nitrogens with one attached hydrogen (secondary N) is 1. The molecule has 2 rings (SSSR count). The van der Waals surface area contributed by atoms with Gasteiger partial charge in [-0.15, -0.1) is 0 Å². The third-order valence-electron chi connectivity index (χ3n) is 3.39. The molecule has 0 aliphatic carbocycles. The highest BCUT2D eigenvalue weighted by molar-refractivity contribution is 6.33. The number of ether oxygens (including phenoxy) is 1. The molecule has 0 radical (unpaired) electrons. The highest BCUT2D eigenvalue weighted by Crippen LogP contribution is 2.17. The lowest BCUT2D eigenvalue weighted by Crippen LogP contribution is -2.33. The average Bonchev–Trinajstić information content (AvgIpc) is 2.46. The van der Waals surface area contributed by atoms with E-state index in [2.05, 4.69) is 15.3 Å². The summed E-state index contributed by atoms with van der Waals surface area (Å²) in [5.41, 5.74) is 0.262.